The van der Waals surface area contributed by atoms with Crippen LogP contribution in [0.15, 0.2) is 48.5 Å². The lowest BCUT2D eigenvalue weighted by molar-refractivity contribution is -0.137. The van der Waals surface area contributed by atoms with Crippen LogP contribution in [0.2, 0.25) is 5.02 Å². The van der Waals surface area contributed by atoms with E-state index in [9.17, 15) is 18.0 Å². The van der Waals surface area contributed by atoms with Gasteiger partial charge in [-0.2, -0.15) is 13.2 Å². The van der Waals surface area contributed by atoms with E-state index >= 15 is 0 Å². The second-order valence-corrected chi connectivity index (χ2v) is 8.88. The molecule has 166 valence electrons. The molecule has 1 saturated heterocycles. The molecule has 4 rings (SSSR count). The normalized spacial score (nSPS) is 24.5. The van der Waals surface area contributed by atoms with Gasteiger partial charge in [0.1, 0.15) is 0 Å². The van der Waals surface area contributed by atoms with E-state index in [0.29, 0.717) is 6.54 Å². The highest BCUT2D eigenvalue weighted by atomic mass is 35.5. The van der Waals surface area contributed by atoms with Crippen molar-refractivity contribution >= 4 is 17.5 Å². The number of amides is 1. The number of benzene rings is 2. The molecule has 2 aromatic carbocycles. The third-order valence-corrected chi connectivity index (χ3v) is 7.20. The monoisotopic (exact) mass is 450 g/mol. The Balaban J connectivity index is 1.60. The van der Waals surface area contributed by atoms with Gasteiger partial charge in [0.15, 0.2) is 0 Å². The van der Waals surface area contributed by atoms with E-state index in [2.05, 4.69) is 22.3 Å². The highest BCUT2D eigenvalue weighted by Crippen LogP contribution is 2.47. The van der Waals surface area contributed by atoms with Crippen molar-refractivity contribution in [2.24, 2.45) is 0 Å². The van der Waals surface area contributed by atoms with Crippen molar-refractivity contribution in [3.05, 3.63) is 70.2 Å². The predicted molar refractivity (Wildman–Crippen MR) is 115 cm³/mol. The van der Waals surface area contributed by atoms with Crippen LogP contribution in [0.1, 0.15) is 59.5 Å². The van der Waals surface area contributed by atoms with Gasteiger partial charge in [0, 0.05) is 18.0 Å². The quantitative estimate of drug-likeness (QED) is 0.616. The Morgan fingerprint density at radius 1 is 1.06 bits per heavy atom. The van der Waals surface area contributed by atoms with E-state index in [4.69, 9.17) is 11.6 Å². The van der Waals surface area contributed by atoms with E-state index < -0.39 is 22.7 Å². The molecule has 1 saturated carbocycles. The summed E-state index contributed by atoms with van der Waals surface area (Å²) in [5, 5.41) is 2.40. The van der Waals surface area contributed by atoms with Gasteiger partial charge in [0.25, 0.3) is 5.91 Å². The van der Waals surface area contributed by atoms with Crippen molar-refractivity contribution in [3.8, 4) is 0 Å². The minimum Gasteiger partial charge on any atom is -0.350 e. The average molecular weight is 451 g/mol. The van der Waals surface area contributed by atoms with Gasteiger partial charge in [-0.3, -0.25) is 9.69 Å². The molecule has 7 heteroatoms. The Labute approximate surface area is 185 Å². The molecule has 31 heavy (non-hydrogen) atoms. The van der Waals surface area contributed by atoms with Crippen molar-refractivity contribution < 1.29 is 18.0 Å². The van der Waals surface area contributed by atoms with Crippen LogP contribution in [0, 0.1) is 0 Å². The Bertz CT molecular complexity index is 928. The maximum Gasteiger partial charge on any atom is 0.417 e. The second kappa shape index (κ2) is 8.83. The molecule has 2 fully saturated rings. The summed E-state index contributed by atoms with van der Waals surface area (Å²) in [4.78, 5) is 15.4. The van der Waals surface area contributed by atoms with Gasteiger partial charge >= 0.3 is 6.18 Å². The first kappa shape index (κ1) is 22.2. The third-order valence-electron chi connectivity index (χ3n) is 6.79. The van der Waals surface area contributed by atoms with Gasteiger partial charge in [0.2, 0.25) is 0 Å². The standard InChI is InChI=1S/C24H26ClF3N2O/c25-21-18(10-6-11-20(21)24(26,27)28)22(31)29-16-23(30-14-4-5-15-30)13-7-12-19(23)17-8-2-1-3-9-17/h1-3,6,8-11,19H,4-5,7,12-16H2,(H,29,31). The summed E-state index contributed by atoms with van der Waals surface area (Å²) in [6.07, 6.45) is 0.668. The molecule has 1 amide bonds. The van der Waals surface area contributed by atoms with Crippen molar-refractivity contribution in [2.75, 3.05) is 19.6 Å². The topological polar surface area (TPSA) is 32.3 Å². The fourth-order valence-electron chi connectivity index (χ4n) is 5.34. The molecular weight excluding hydrogens is 425 g/mol. The van der Waals surface area contributed by atoms with Crippen LogP contribution in [0.4, 0.5) is 13.2 Å². The summed E-state index contributed by atoms with van der Waals surface area (Å²) in [6, 6.07) is 13.8. The first-order valence-electron chi connectivity index (χ1n) is 10.8. The Morgan fingerprint density at radius 3 is 2.45 bits per heavy atom. The van der Waals surface area contributed by atoms with E-state index in [1.807, 2.05) is 18.2 Å². The third kappa shape index (κ3) is 4.33. The Morgan fingerprint density at radius 2 is 1.77 bits per heavy atom. The van der Waals surface area contributed by atoms with E-state index in [0.717, 1.165) is 51.3 Å². The summed E-state index contributed by atoms with van der Waals surface area (Å²) < 4.78 is 39.6. The number of carbonyl (C=O) groups excluding carboxylic acids is 1. The van der Waals surface area contributed by atoms with Crippen LogP contribution >= 0.6 is 11.6 Å². The maximum atomic E-state index is 13.2. The van der Waals surface area contributed by atoms with Crippen molar-refractivity contribution in [1.29, 1.82) is 0 Å². The van der Waals surface area contributed by atoms with Crippen LogP contribution in [0.3, 0.4) is 0 Å². The van der Waals surface area contributed by atoms with Crippen LogP contribution in [0.25, 0.3) is 0 Å². The summed E-state index contributed by atoms with van der Waals surface area (Å²) >= 11 is 5.98. The van der Waals surface area contributed by atoms with Gasteiger partial charge in [-0.25, -0.2) is 0 Å². The number of nitrogens with zero attached hydrogens (tertiary/aromatic N) is 1. The molecule has 1 aliphatic heterocycles. The summed E-state index contributed by atoms with van der Waals surface area (Å²) in [5.74, 6) is -0.294. The van der Waals surface area contributed by atoms with Crippen molar-refractivity contribution in [2.45, 2.75) is 49.7 Å². The fraction of sp³-hybridized carbons (Fsp3) is 0.458. The van der Waals surface area contributed by atoms with Gasteiger partial charge in [-0.15, -0.1) is 0 Å². The van der Waals surface area contributed by atoms with Gasteiger partial charge in [0.05, 0.1) is 16.1 Å². The molecule has 0 radical (unpaired) electrons. The first-order valence-corrected chi connectivity index (χ1v) is 11.1. The number of rotatable bonds is 5. The molecule has 1 aliphatic carbocycles. The van der Waals surface area contributed by atoms with Gasteiger partial charge in [-0.1, -0.05) is 54.4 Å². The van der Waals surface area contributed by atoms with Gasteiger partial charge < -0.3 is 5.32 Å². The van der Waals surface area contributed by atoms with Crippen molar-refractivity contribution in [1.82, 2.24) is 10.2 Å². The Hall–Kier alpha value is -2.05. The van der Waals surface area contributed by atoms with Crippen LogP contribution in [-0.4, -0.2) is 36.0 Å². The fourth-order valence-corrected chi connectivity index (χ4v) is 5.66. The zero-order valence-electron chi connectivity index (χ0n) is 17.2. The van der Waals surface area contributed by atoms with Crippen molar-refractivity contribution in [3.63, 3.8) is 0 Å². The zero-order valence-corrected chi connectivity index (χ0v) is 18.0. The maximum absolute atomic E-state index is 13.2. The summed E-state index contributed by atoms with van der Waals surface area (Å²) in [7, 11) is 0. The molecule has 0 aromatic heterocycles. The van der Waals surface area contributed by atoms with Crippen LogP contribution < -0.4 is 5.32 Å². The molecule has 3 nitrogen and oxygen atoms in total. The Kier molecular flexibility index (Phi) is 6.31. The number of nitrogens with one attached hydrogen (secondary N) is 1. The number of halogens is 4. The second-order valence-electron chi connectivity index (χ2n) is 8.50. The van der Waals surface area contributed by atoms with E-state index in [-0.39, 0.29) is 17.0 Å². The number of alkyl halides is 3. The largest absolute Gasteiger partial charge is 0.417 e. The van der Waals surface area contributed by atoms with Crippen LogP contribution in [0.5, 0.6) is 0 Å². The molecule has 0 spiro atoms. The number of hydrogen-bond donors (Lipinski definition) is 1. The molecule has 0 bridgehead atoms. The first-order chi connectivity index (χ1) is 14.8. The zero-order chi connectivity index (χ0) is 22.1. The molecule has 2 unspecified atom stereocenters. The van der Waals surface area contributed by atoms with E-state index in [1.54, 1.807) is 0 Å². The highest BCUT2D eigenvalue weighted by Gasteiger charge is 2.48. The number of carbonyl (C=O) groups is 1. The molecular formula is C24H26ClF3N2O. The molecule has 2 atom stereocenters. The smallest absolute Gasteiger partial charge is 0.350 e. The molecule has 2 aromatic rings. The summed E-state index contributed by atoms with van der Waals surface area (Å²) in [6.45, 7) is 2.34. The molecule has 1 heterocycles. The minimum atomic E-state index is -4.60. The minimum absolute atomic E-state index is 0.137. The predicted octanol–water partition coefficient (Wildman–Crippen LogP) is 5.89. The lowest BCUT2D eigenvalue weighted by atomic mass is 9.80. The molecule has 1 N–H and O–H groups in total. The van der Waals surface area contributed by atoms with E-state index in [1.165, 1.54) is 17.7 Å². The summed E-state index contributed by atoms with van der Waals surface area (Å²) in [5.41, 5.74) is -0.110. The lowest BCUT2D eigenvalue weighted by Gasteiger charge is -2.44. The SMILES string of the molecule is O=C(NCC1(N2CCCC2)CCCC1c1ccccc1)c1cccc(C(F)(F)F)c1Cl. The van der Waals surface area contributed by atoms with Gasteiger partial charge in [-0.05, 0) is 56.5 Å². The number of likely N-dealkylation sites (tertiary alicyclic amines) is 1. The lowest BCUT2D eigenvalue weighted by Crippen LogP contribution is -2.56. The highest BCUT2D eigenvalue weighted by molar-refractivity contribution is 6.34. The molecule has 2 aliphatic rings. The average Bonchev–Trinajstić information content (AvgIpc) is 3.42. The van der Waals surface area contributed by atoms with Crippen LogP contribution in [-0.2, 0) is 6.18 Å². The number of hydrogen-bond acceptors (Lipinski definition) is 2.